The van der Waals surface area contributed by atoms with E-state index in [1.165, 1.54) is 17.0 Å². The number of amides is 1. The highest BCUT2D eigenvalue weighted by Crippen LogP contribution is 2.33. The van der Waals surface area contributed by atoms with Crippen LogP contribution in [0.2, 0.25) is 0 Å². The predicted molar refractivity (Wildman–Crippen MR) is 131 cm³/mol. The molecule has 1 N–H and O–H groups in total. The zero-order chi connectivity index (χ0) is 26.2. The summed E-state index contributed by atoms with van der Waals surface area (Å²) in [5.41, 5.74) is 2.91. The summed E-state index contributed by atoms with van der Waals surface area (Å²) in [4.78, 5) is 21.3. The Morgan fingerprint density at radius 2 is 1.86 bits per heavy atom. The van der Waals surface area contributed by atoms with E-state index in [1.54, 1.807) is 54.3 Å². The van der Waals surface area contributed by atoms with Crippen LogP contribution in [0.1, 0.15) is 38.4 Å². The number of rotatable bonds is 3. The molecule has 37 heavy (non-hydrogen) atoms. The second kappa shape index (κ2) is 9.28. The SMILES string of the molecule is Cc1cn(-c2cc(NC(=O)c3ccc(C)c(C#Cc4cnc5cccnn45)c3)cc(C(F)(F)F)c2)cn1. The third-order valence-electron chi connectivity index (χ3n) is 5.62. The zero-order valence-electron chi connectivity index (χ0n) is 19.7. The van der Waals surface area contributed by atoms with Gasteiger partial charge in [-0.25, -0.2) is 14.5 Å². The Balaban J connectivity index is 1.45. The minimum atomic E-state index is -4.59. The number of imidazole rings is 2. The van der Waals surface area contributed by atoms with Crippen LogP contribution in [0.5, 0.6) is 0 Å². The number of anilines is 1. The highest BCUT2D eigenvalue weighted by atomic mass is 19.4. The molecule has 0 aliphatic carbocycles. The van der Waals surface area contributed by atoms with Crippen LogP contribution in [0, 0.1) is 25.7 Å². The third kappa shape index (κ3) is 5.06. The summed E-state index contributed by atoms with van der Waals surface area (Å²) >= 11 is 0. The molecule has 10 heteroatoms. The quantitative estimate of drug-likeness (QED) is 0.346. The molecular formula is C27H19F3N6O. The van der Waals surface area contributed by atoms with E-state index >= 15 is 0 Å². The van der Waals surface area contributed by atoms with Crippen molar-refractivity contribution in [3.63, 3.8) is 0 Å². The fourth-order valence-corrected chi connectivity index (χ4v) is 3.71. The number of aryl methyl sites for hydroxylation is 2. The monoisotopic (exact) mass is 500 g/mol. The van der Waals surface area contributed by atoms with Crippen LogP contribution in [0.4, 0.5) is 18.9 Å². The van der Waals surface area contributed by atoms with Crippen molar-refractivity contribution < 1.29 is 18.0 Å². The first-order valence-electron chi connectivity index (χ1n) is 11.1. The molecule has 0 atom stereocenters. The minimum absolute atomic E-state index is 0.00573. The third-order valence-corrected chi connectivity index (χ3v) is 5.62. The lowest BCUT2D eigenvalue weighted by molar-refractivity contribution is -0.137. The summed E-state index contributed by atoms with van der Waals surface area (Å²) in [6.45, 7) is 3.58. The van der Waals surface area contributed by atoms with Gasteiger partial charge in [-0.2, -0.15) is 18.3 Å². The molecule has 0 bridgehead atoms. The molecule has 0 aliphatic heterocycles. The van der Waals surface area contributed by atoms with Gasteiger partial charge in [-0.15, -0.1) is 0 Å². The van der Waals surface area contributed by atoms with E-state index < -0.39 is 17.6 Å². The Hall–Kier alpha value is -4.91. The molecule has 184 valence electrons. The Morgan fingerprint density at radius 1 is 1.03 bits per heavy atom. The van der Waals surface area contributed by atoms with E-state index in [2.05, 4.69) is 32.2 Å². The molecule has 0 aliphatic rings. The highest BCUT2D eigenvalue weighted by molar-refractivity contribution is 6.04. The Kier molecular flexibility index (Phi) is 5.97. The molecule has 3 aromatic heterocycles. The van der Waals surface area contributed by atoms with Crippen LogP contribution in [-0.2, 0) is 6.18 Å². The highest BCUT2D eigenvalue weighted by Gasteiger charge is 2.31. The maximum absolute atomic E-state index is 13.6. The molecule has 5 aromatic rings. The molecular weight excluding hydrogens is 481 g/mol. The van der Waals surface area contributed by atoms with Gasteiger partial charge in [0, 0.05) is 34.9 Å². The van der Waals surface area contributed by atoms with Crippen molar-refractivity contribution in [2.45, 2.75) is 20.0 Å². The van der Waals surface area contributed by atoms with Gasteiger partial charge < -0.3 is 9.88 Å². The molecule has 0 fully saturated rings. The number of nitrogens with one attached hydrogen (secondary N) is 1. The van der Waals surface area contributed by atoms with Crippen LogP contribution in [-0.4, -0.2) is 30.1 Å². The Bertz CT molecular complexity index is 1700. The average molecular weight is 500 g/mol. The van der Waals surface area contributed by atoms with Crippen LogP contribution in [0.15, 0.2) is 73.4 Å². The van der Waals surface area contributed by atoms with Gasteiger partial charge in [-0.1, -0.05) is 12.0 Å². The summed E-state index contributed by atoms with van der Waals surface area (Å²) in [7, 11) is 0. The largest absolute Gasteiger partial charge is 0.416 e. The smallest absolute Gasteiger partial charge is 0.322 e. The number of aromatic nitrogens is 5. The van der Waals surface area contributed by atoms with Gasteiger partial charge in [-0.05, 0) is 67.8 Å². The topological polar surface area (TPSA) is 77.1 Å². The van der Waals surface area contributed by atoms with Crippen molar-refractivity contribution in [2.24, 2.45) is 0 Å². The molecule has 1 amide bonds. The van der Waals surface area contributed by atoms with Gasteiger partial charge in [0.05, 0.1) is 23.8 Å². The molecule has 5 rings (SSSR count). The first kappa shape index (κ1) is 23.8. The van der Waals surface area contributed by atoms with Crippen molar-refractivity contribution in [1.29, 1.82) is 0 Å². The van der Waals surface area contributed by atoms with Crippen molar-refractivity contribution in [3.8, 4) is 17.5 Å². The summed E-state index contributed by atoms with van der Waals surface area (Å²) < 4.78 is 43.8. The van der Waals surface area contributed by atoms with Gasteiger partial charge in [-0.3, -0.25) is 4.79 Å². The van der Waals surface area contributed by atoms with Crippen molar-refractivity contribution in [2.75, 3.05) is 5.32 Å². The molecule has 0 saturated heterocycles. The maximum atomic E-state index is 13.6. The van der Waals surface area contributed by atoms with Gasteiger partial charge in [0.15, 0.2) is 5.65 Å². The number of benzene rings is 2. The van der Waals surface area contributed by atoms with E-state index in [-0.39, 0.29) is 16.9 Å². The number of halogens is 3. The average Bonchev–Trinajstić information content (AvgIpc) is 3.49. The van der Waals surface area contributed by atoms with E-state index in [0.29, 0.717) is 22.6 Å². The number of nitrogens with zero attached hydrogens (tertiary/aromatic N) is 5. The zero-order valence-corrected chi connectivity index (χ0v) is 19.7. The fourth-order valence-electron chi connectivity index (χ4n) is 3.71. The lowest BCUT2D eigenvalue weighted by atomic mass is 10.0. The van der Waals surface area contributed by atoms with E-state index in [1.807, 2.05) is 13.0 Å². The number of fused-ring (bicyclic) bond motifs is 1. The van der Waals surface area contributed by atoms with Crippen LogP contribution in [0.3, 0.4) is 0 Å². The molecule has 0 radical (unpaired) electrons. The second-order valence-electron chi connectivity index (χ2n) is 8.36. The van der Waals surface area contributed by atoms with Crippen LogP contribution in [0.25, 0.3) is 11.3 Å². The number of carbonyl (C=O) groups excluding carboxylic acids is 1. The number of hydrogen-bond acceptors (Lipinski definition) is 4. The Morgan fingerprint density at radius 3 is 2.62 bits per heavy atom. The van der Waals surface area contributed by atoms with Crippen molar-refractivity contribution >= 4 is 17.2 Å². The standard InChI is InChI=1S/C27H19F3N6O/c1-17-5-6-20(10-19(17)7-8-23-14-31-25-4-3-9-33-36(23)25)26(37)34-22-11-21(27(28,29)30)12-24(13-22)35-15-18(2)32-16-35/h3-6,9-16H,1-2H3,(H,34,37). The first-order valence-corrected chi connectivity index (χ1v) is 11.1. The first-order chi connectivity index (χ1) is 17.7. The summed E-state index contributed by atoms with van der Waals surface area (Å²) in [6, 6.07) is 11.9. The second-order valence-corrected chi connectivity index (χ2v) is 8.36. The van der Waals surface area contributed by atoms with E-state index in [9.17, 15) is 18.0 Å². The van der Waals surface area contributed by atoms with E-state index in [4.69, 9.17) is 0 Å². The lowest BCUT2D eigenvalue weighted by Gasteiger charge is -2.14. The fraction of sp³-hybridized carbons (Fsp3) is 0.111. The predicted octanol–water partition coefficient (Wildman–Crippen LogP) is 5.20. The van der Waals surface area contributed by atoms with Gasteiger partial charge in [0.25, 0.3) is 5.91 Å². The Labute approximate surface area is 209 Å². The minimum Gasteiger partial charge on any atom is -0.322 e. The number of alkyl halides is 3. The van der Waals surface area contributed by atoms with Crippen LogP contribution >= 0.6 is 0 Å². The molecule has 0 unspecified atom stereocenters. The molecule has 0 spiro atoms. The molecule has 3 heterocycles. The number of hydrogen-bond donors (Lipinski definition) is 1. The maximum Gasteiger partial charge on any atom is 0.416 e. The normalized spacial score (nSPS) is 11.3. The van der Waals surface area contributed by atoms with Crippen LogP contribution < -0.4 is 5.32 Å². The van der Waals surface area contributed by atoms with Gasteiger partial charge in [0.2, 0.25) is 0 Å². The van der Waals surface area contributed by atoms with E-state index in [0.717, 1.165) is 17.7 Å². The summed E-state index contributed by atoms with van der Waals surface area (Å²) in [6.07, 6.45) is 1.66. The summed E-state index contributed by atoms with van der Waals surface area (Å²) in [5.74, 6) is 5.49. The van der Waals surface area contributed by atoms with Crippen molar-refractivity contribution in [3.05, 3.63) is 107 Å². The van der Waals surface area contributed by atoms with Gasteiger partial charge in [0.1, 0.15) is 5.69 Å². The number of carbonyl (C=O) groups is 1. The molecule has 2 aromatic carbocycles. The lowest BCUT2D eigenvalue weighted by Crippen LogP contribution is -2.14. The molecule has 0 saturated carbocycles. The summed E-state index contributed by atoms with van der Waals surface area (Å²) in [5, 5.41) is 6.81. The molecule has 7 nitrogen and oxygen atoms in total. The van der Waals surface area contributed by atoms with Crippen molar-refractivity contribution in [1.82, 2.24) is 24.1 Å². The van der Waals surface area contributed by atoms with Gasteiger partial charge >= 0.3 is 6.18 Å².